The number of rotatable bonds is 8. The summed E-state index contributed by atoms with van der Waals surface area (Å²) >= 11 is 0. The lowest BCUT2D eigenvalue weighted by Gasteiger charge is -2.13. The molecule has 0 atom stereocenters. The van der Waals surface area contributed by atoms with E-state index in [1.807, 2.05) is 31.3 Å². The van der Waals surface area contributed by atoms with Crippen molar-refractivity contribution >= 4 is 34.9 Å². The number of imide groups is 1. The first kappa shape index (κ1) is 22.9. The van der Waals surface area contributed by atoms with Crippen molar-refractivity contribution < 1.29 is 14.4 Å². The van der Waals surface area contributed by atoms with Crippen LogP contribution in [0.3, 0.4) is 0 Å². The van der Waals surface area contributed by atoms with Crippen LogP contribution >= 0.6 is 0 Å². The quantitative estimate of drug-likeness (QED) is 0.368. The van der Waals surface area contributed by atoms with Crippen molar-refractivity contribution in [3.05, 3.63) is 90.3 Å². The molecule has 10 heteroatoms. The number of amides is 3. The Morgan fingerprint density at radius 3 is 2.31 bits per heavy atom. The first-order valence-corrected chi connectivity index (χ1v) is 11.4. The molecule has 0 saturated heterocycles. The van der Waals surface area contributed by atoms with E-state index in [-0.39, 0.29) is 30.7 Å². The van der Waals surface area contributed by atoms with Gasteiger partial charge in [-0.2, -0.15) is 0 Å². The van der Waals surface area contributed by atoms with Crippen LogP contribution in [0.25, 0.3) is 5.82 Å². The summed E-state index contributed by atoms with van der Waals surface area (Å²) in [5.41, 5.74) is 2.27. The Balaban J connectivity index is 1.13. The molecule has 0 unspecified atom stereocenters. The highest BCUT2D eigenvalue weighted by atomic mass is 16.2. The molecule has 36 heavy (non-hydrogen) atoms. The summed E-state index contributed by atoms with van der Waals surface area (Å²) in [6, 6.07) is 15.8. The average Bonchev–Trinajstić information content (AvgIpc) is 3.49. The fourth-order valence-corrected chi connectivity index (χ4v) is 3.99. The zero-order valence-corrected chi connectivity index (χ0v) is 19.5. The highest BCUT2D eigenvalue weighted by molar-refractivity contribution is 6.21. The molecule has 0 saturated carbocycles. The van der Waals surface area contributed by atoms with E-state index >= 15 is 0 Å². The standard InChI is InChI=1S/C26H23N7O3/c1-17-28-22(15-23(29-17)32-14-12-27-16-32)30-18-8-10-19(11-9-18)31-24(34)7-4-13-33-25(35)20-5-2-3-6-21(20)26(33)36/h2-3,5-6,8-12,14-16H,4,7,13H2,1H3,(H,31,34)(H,28,29,30). The first-order valence-electron chi connectivity index (χ1n) is 11.4. The number of hydrogen-bond acceptors (Lipinski definition) is 7. The Morgan fingerprint density at radius 1 is 0.944 bits per heavy atom. The topological polar surface area (TPSA) is 122 Å². The molecule has 180 valence electrons. The Kier molecular flexibility index (Phi) is 6.23. The van der Waals surface area contributed by atoms with Crippen LogP contribution in [0, 0.1) is 6.92 Å². The molecule has 10 nitrogen and oxygen atoms in total. The van der Waals surface area contributed by atoms with Gasteiger partial charge in [0.25, 0.3) is 11.8 Å². The van der Waals surface area contributed by atoms with Crippen molar-refractivity contribution in [2.75, 3.05) is 17.2 Å². The summed E-state index contributed by atoms with van der Waals surface area (Å²) in [4.78, 5) is 51.3. The number of anilines is 3. The molecular weight excluding hydrogens is 458 g/mol. The fraction of sp³-hybridized carbons (Fsp3) is 0.154. The number of aromatic nitrogens is 4. The first-order chi connectivity index (χ1) is 17.5. The Bertz CT molecular complexity index is 1400. The predicted octanol–water partition coefficient (Wildman–Crippen LogP) is 3.73. The molecule has 0 aliphatic carbocycles. The smallest absolute Gasteiger partial charge is 0.261 e. The van der Waals surface area contributed by atoms with Crippen LogP contribution in [0.2, 0.25) is 0 Å². The maximum atomic E-state index is 12.4. The van der Waals surface area contributed by atoms with Crippen molar-refractivity contribution in [1.82, 2.24) is 24.4 Å². The van der Waals surface area contributed by atoms with Gasteiger partial charge < -0.3 is 10.6 Å². The molecule has 5 rings (SSSR count). The third kappa shape index (κ3) is 4.83. The average molecular weight is 482 g/mol. The van der Waals surface area contributed by atoms with Gasteiger partial charge in [-0.3, -0.25) is 23.9 Å². The van der Waals surface area contributed by atoms with Crippen molar-refractivity contribution in [3.8, 4) is 5.82 Å². The second-order valence-corrected chi connectivity index (χ2v) is 8.29. The molecule has 2 N–H and O–H groups in total. The molecule has 2 aromatic heterocycles. The number of nitrogens with zero attached hydrogens (tertiary/aromatic N) is 5. The molecule has 3 amide bonds. The molecule has 4 aromatic rings. The van der Waals surface area contributed by atoms with Crippen molar-refractivity contribution in [2.24, 2.45) is 0 Å². The third-order valence-electron chi connectivity index (χ3n) is 5.70. The van der Waals surface area contributed by atoms with Crippen LogP contribution in [0.5, 0.6) is 0 Å². The maximum Gasteiger partial charge on any atom is 0.261 e. The van der Waals surface area contributed by atoms with Crippen LogP contribution in [0.15, 0.2) is 73.3 Å². The minimum Gasteiger partial charge on any atom is -0.340 e. The van der Waals surface area contributed by atoms with Crippen LogP contribution < -0.4 is 10.6 Å². The van der Waals surface area contributed by atoms with Gasteiger partial charge in [0.1, 0.15) is 23.8 Å². The number of hydrogen-bond donors (Lipinski definition) is 2. The summed E-state index contributed by atoms with van der Waals surface area (Å²) in [7, 11) is 0. The van der Waals surface area contributed by atoms with E-state index in [0.29, 0.717) is 40.7 Å². The van der Waals surface area contributed by atoms with Gasteiger partial charge >= 0.3 is 0 Å². The van der Waals surface area contributed by atoms with Crippen LogP contribution in [-0.2, 0) is 4.79 Å². The largest absolute Gasteiger partial charge is 0.340 e. The van der Waals surface area contributed by atoms with Crippen molar-refractivity contribution in [1.29, 1.82) is 0 Å². The van der Waals surface area contributed by atoms with E-state index < -0.39 is 0 Å². The molecule has 0 spiro atoms. The summed E-state index contributed by atoms with van der Waals surface area (Å²) in [6.07, 6.45) is 5.72. The number of carbonyl (C=O) groups is 3. The normalized spacial score (nSPS) is 12.5. The monoisotopic (exact) mass is 481 g/mol. The third-order valence-corrected chi connectivity index (χ3v) is 5.70. The van der Waals surface area contributed by atoms with Crippen LogP contribution in [-0.4, -0.2) is 48.7 Å². The van der Waals surface area contributed by atoms with E-state index in [2.05, 4.69) is 25.6 Å². The Morgan fingerprint density at radius 2 is 1.64 bits per heavy atom. The van der Waals surface area contributed by atoms with Crippen molar-refractivity contribution in [3.63, 3.8) is 0 Å². The van der Waals surface area contributed by atoms with E-state index in [1.165, 1.54) is 4.90 Å². The van der Waals surface area contributed by atoms with Gasteiger partial charge in [-0.1, -0.05) is 12.1 Å². The van der Waals surface area contributed by atoms with Gasteiger partial charge in [0, 0.05) is 42.8 Å². The van der Waals surface area contributed by atoms with Gasteiger partial charge in [0.15, 0.2) is 0 Å². The van der Waals surface area contributed by atoms with Crippen molar-refractivity contribution in [2.45, 2.75) is 19.8 Å². The summed E-state index contributed by atoms with van der Waals surface area (Å²) in [6.45, 7) is 2.01. The zero-order valence-electron chi connectivity index (χ0n) is 19.5. The Hall–Kier alpha value is -4.86. The van der Waals surface area contributed by atoms with Gasteiger partial charge in [-0.15, -0.1) is 0 Å². The van der Waals surface area contributed by atoms with Crippen LogP contribution in [0.4, 0.5) is 17.2 Å². The van der Waals surface area contributed by atoms with Gasteiger partial charge in [0.2, 0.25) is 5.91 Å². The van der Waals surface area contributed by atoms with E-state index in [4.69, 9.17) is 0 Å². The molecule has 0 bridgehead atoms. The van der Waals surface area contributed by atoms with E-state index in [9.17, 15) is 14.4 Å². The number of fused-ring (bicyclic) bond motifs is 1. The molecule has 0 radical (unpaired) electrons. The SMILES string of the molecule is Cc1nc(Nc2ccc(NC(=O)CCCN3C(=O)c4ccccc4C3=O)cc2)cc(-n2ccnc2)n1. The van der Waals surface area contributed by atoms with Crippen LogP contribution in [0.1, 0.15) is 39.4 Å². The van der Waals surface area contributed by atoms with E-state index in [0.717, 1.165) is 5.69 Å². The van der Waals surface area contributed by atoms with Gasteiger partial charge in [-0.05, 0) is 49.7 Å². The molecule has 2 aromatic carbocycles. The number of aryl methyl sites for hydroxylation is 1. The minimum atomic E-state index is -0.310. The molecule has 0 fully saturated rings. The number of benzene rings is 2. The second kappa shape index (κ2) is 9.79. The lowest BCUT2D eigenvalue weighted by molar-refractivity contribution is -0.116. The maximum absolute atomic E-state index is 12.4. The molecule has 3 heterocycles. The lowest BCUT2D eigenvalue weighted by atomic mass is 10.1. The number of carbonyl (C=O) groups excluding carboxylic acids is 3. The second-order valence-electron chi connectivity index (χ2n) is 8.29. The highest BCUT2D eigenvalue weighted by Gasteiger charge is 2.34. The molecule has 1 aliphatic heterocycles. The summed E-state index contributed by atoms with van der Waals surface area (Å²) in [5.74, 6) is 1.14. The summed E-state index contributed by atoms with van der Waals surface area (Å²) in [5, 5.41) is 6.09. The fourth-order valence-electron chi connectivity index (χ4n) is 3.99. The van der Waals surface area contributed by atoms with Gasteiger partial charge in [-0.25, -0.2) is 15.0 Å². The Labute approximate surface area is 207 Å². The predicted molar refractivity (Wildman–Crippen MR) is 133 cm³/mol. The molecule has 1 aliphatic rings. The lowest BCUT2D eigenvalue weighted by Crippen LogP contribution is -2.31. The number of nitrogens with one attached hydrogen (secondary N) is 2. The van der Waals surface area contributed by atoms with E-state index in [1.54, 1.807) is 53.5 Å². The molecular formula is C26H23N7O3. The zero-order chi connectivity index (χ0) is 25.1. The van der Waals surface area contributed by atoms with Gasteiger partial charge in [0.05, 0.1) is 11.1 Å². The summed E-state index contributed by atoms with van der Waals surface area (Å²) < 4.78 is 1.80. The number of imidazole rings is 1. The minimum absolute atomic E-state index is 0.185. The highest BCUT2D eigenvalue weighted by Crippen LogP contribution is 2.23.